The smallest absolute Gasteiger partial charge is 0.332 e. The van der Waals surface area contributed by atoms with E-state index in [1.54, 1.807) is 23.1 Å². The summed E-state index contributed by atoms with van der Waals surface area (Å²) in [5, 5.41) is 7.53. The van der Waals surface area contributed by atoms with Crippen LogP contribution in [0.2, 0.25) is 0 Å². The zero-order valence-electron chi connectivity index (χ0n) is 12.5. The standard InChI is InChI=1S/C18H16N4O/c23-18(19-13-15-7-3-1-4-8-15)21-16-11-12-22(20-14-16)17-9-5-2-6-10-17/h1-12,14H,13H2,(H,19,23)/b21-16+. The van der Waals surface area contributed by atoms with E-state index in [-0.39, 0.29) is 6.03 Å². The molecule has 0 aliphatic carbocycles. The van der Waals surface area contributed by atoms with Crippen molar-refractivity contribution in [3.05, 3.63) is 90.0 Å². The molecule has 3 aromatic rings. The molecular weight excluding hydrogens is 288 g/mol. The number of urea groups is 1. The van der Waals surface area contributed by atoms with Crippen LogP contribution >= 0.6 is 0 Å². The maximum atomic E-state index is 11.8. The first-order valence-electron chi connectivity index (χ1n) is 7.28. The Morgan fingerprint density at radius 3 is 2.35 bits per heavy atom. The van der Waals surface area contributed by atoms with E-state index in [1.165, 1.54) is 0 Å². The molecule has 1 N–H and O–H groups in total. The number of rotatable bonds is 3. The first-order chi connectivity index (χ1) is 11.3. The molecular formula is C18H16N4O. The first-order valence-corrected chi connectivity index (χ1v) is 7.28. The van der Waals surface area contributed by atoms with E-state index >= 15 is 0 Å². The van der Waals surface area contributed by atoms with Crippen LogP contribution in [-0.2, 0) is 6.54 Å². The third-order valence-electron chi connectivity index (χ3n) is 3.24. The monoisotopic (exact) mass is 304 g/mol. The predicted octanol–water partition coefficient (Wildman–Crippen LogP) is 2.68. The number of benzene rings is 2. The lowest BCUT2D eigenvalue weighted by molar-refractivity contribution is 0.248. The van der Waals surface area contributed by atoms with Crippen molar-refractivity contribution in [2.75, 3.05) is 0 Å². The van der Waals surface area contributed by atoms with E-state index in [4.69, 9.17) is 0 Å². The average molecular weight is 304 g/mol. The molecule has 23 heavy (non-hydrogen) atoms. The van der Waals surface area contributed by atoms with E-state index in [1.807, 2.05) is 60.7 Å². The average Bonchev–Trinajstić information content (AvgIpc) is 2.62. The summed E-state index contributed by atoms with van der Waals surface area (Å²) >= 11 is 0. The molecule has 0 fully saturated rings. The van der Waals surface area contributed by atoms with E-state index in [0.717, 1.165) is 11.3 Å². The second-order valence-corrected chi connectivity index (χ2v) is 4.92. The molecule has 1 aromatic heterocycles. The van der Waals surface area contributed by atoms with Gasteiger partial charge in [0.2, 0.25) is 0 Å². The Hall–Kier alpha value is -3.21. The molecule has 0 radical (unpaired) electrons. The summed E-state index contributed by atoms with van der Waals surface area (Å²) < 4.78 is 1.72. The Balaban J connectivity index is 1.66. The highest BCUT2D eigenvalue weighted by Gasteiger charge is 1.98. The second-order valence-electron chi connectivity index (χ2n) is 4.92. The molecule has 0 spiro atoms. The number of nitrogens with zero attached hydrogens (tertiary/aromatic N) is 3. The molecule has 0 aliphatic rings. The van der Waals surface area contributed by atoms with Gasteiger partial charge in [-0.3, -0.25) is 0 Å². The maximum Gasteiger partial charge on any atom is 0.341 e. The highest BCUT2D eigenvalue weighted by molar-refractivity contribution is 5.74. The molecule has 114 valence electrons. The van der Waals surface area contributed by atoms with Crippen molar-refractivity contribution in [1.82, 2.24) is 15.1 Å². The van der Waals surface area contributed by atoms with Crippen molar-refractivity contribution >= 4 is 6.03 Å². The van der Waals surface area contributed by atoms with Gasteiger partial charge in [0.25, 0.3) is 0 Å². The minimum absolute atomic E-state index is 0.381. The summed E-state index contributed by atoms with van der Waals surface area (Å²) in [4.78, 5) is 15.8. The number of carbonyl (C=O) groups excluding carboxylic acids is 1. The summed E-state index contributed by atoms with van der Waals surface area (Å²) in [5.41, 5.74) is 1.98. The molecule has 3 rings (SSSR count). The first kappa shape index (κ1) is 14.7. The van der Waals surface area contributed by atoms with Gasteiger partial charge in [-0.15, -0.1) is 0 Å². The van der Waals surface area contributed by atoms with Crippen LogP contribution < -0.4 is 10.7 Å². The molecule has 5 nitrogen and oxygen atoms in total. The van der Waals surface area contributed by atoms with Crippen molar-refractivity contribution in [3.8, 4) is 5.69 Å². The van der Waals surface area contributed by atoms with Crippen molar-refractivity contribution in [1.29, 1.82) is 0 Å². The number of nitrogens with one attached hydrogen (secondary N) is 1. The predicted molar refractivity (Wildman–Crippen MR) is 87.8 cm³/mol. The summed E-state index contributed by atoms with van der Waals surface area (Å²) in [7, 11) is 0. The van der Waals surface area contributed by atoms with E-state index in [2.05, 4.69) is 15.4 Å². The zero-order chi connectivity index (χ0) is 15.9. The van der Waals surface area contributed by atoms with Gasteiger partial charge in [-0.25, -0.2) is 9.48 Å². The number of carbonyl (C=O) groups is 1. The number of para-hydroxylation sites is 1. The summed E-state index contributed by atoms with van der Waals surface area (Å²) in [6.45, 7) is 0.452. The van der Waals surface area contributed by atoms with E-state index in [0.29, 0.717) is 11.9 Å². The Morgan fingerprint density at radius 1 is 1.00 bits per heavy atom. The van der Waals surface area contributed by atoms with Crippen LogP contribution in [0.1, 0.15) is 5.56 Å². The topological polar surface area (TPSA) is 59.3 Å². The van der Waals surface area contributed by atoms with Crippen molar-refractivity contribution in [3.63, 3.8) is 0 Å². The van der Waals surface area contributed by atoms with Crippen molar-refractivity contribution in [2.24, 2.45) is 4.99 Å². The van der Waals surface area contributed by atoms with Gasteiger partial charge in [-0.1, -0.05) is 48.5 Å². The molecule has 5 heteroatoms. The van der Waals surface area contributed by atoms with Crippen LogP contribution in [-0.4, -0.2) is 15.8 Å². The van der Waals surface area contributed by atoms with Gasteiger partial charge in [0.05, 0.1) is 17.2 Å². The van der Waals surface area contributed by atoms with Gasteiger partial charge in [0.15, 0.2) is 0 Å². The van der Waals surface area contributed by atoms with Gasteiger partial charge in [-0.2, -0.15) is 10.1 Å². The summed E-state index contributed by atoms with van der Waals surface area (Å²) in [6, 6.07) is 20.8. The van der Waals surface area contributed by atoms with Gasteiger partial charge >= 0.3 is 6.03 Å². The fourth-order valence-electron chi connectivity index (χ4n) is 2.08. The van der Waals surface area contributed by atoms with Gasteiger partial charge in [0.1, 0.15) is 0 Å². The highest BCUT2D eigenvalue weighted by atomic mass is 16.2. The Morgan fingerprint density at radius 2 is 1.70 bits per heavy atom. The molecule has 1 heterocycles. The fraction of sp³-hybridized carbons (Fsp3) is 0.0556. The number of hydrogen-bond acceptors (Lipinski definition) is 2. The molecule has 0 saturated carbocycles. The van der Waals surface area contributed by atoms with Crippen molar-refractivity contribution < 1.29 is 4.79 Å². The van der Waals surface area contributed by atoms with Gasteiger partial charge in [0, 0.05) is 12.7 Å². The zero-order valence-corrected chi connectivity index (χ0v) is 12.5. The SMILES string of the molecule is O=C(/N=c1\ccn(-c2ccccc2)nc1)NCc1ccccc1. The number of amides is 2. The third-order valence-corrected chi connectivity index (χ3v) is 3.24. The van der Waals surface area contributed by atoms with Crippen LogP contribution in [0.25, 0.3) is 5.69 Å². The minimum Gasteiger partial charge on any atom is -0.332 e. The van der Waals surface area contributed by atoms with Crippen LogP contribution in [0.3, 0.4) is 0 Å². The fourth-order valence-corrected chi connectivity index (χ4v) is 2.08. The number of hydrogen-bond donors (Lipinski definition) is 1. The Bertz CT molecular complexity index is 821. The van der Waals surface area contributed by atoms with Crippen LogP contribution in [0.4, 0.5) is 4.79 Å². The molecule has 2 amide bonds. The molecule has 0 bridgehead atoms. The summed E-state index contributed by atoms with van der Waals surface area (Å²) in [6.07, 6.45) is 3.34. The normalized spacial score (nSPS) is 11.2. The molecule has 0 saturated heterocycles. The van der Waals surface area contributed by atoms with Gasteiger partial charge < -0.3 is 5.32 Å². The lowest BCUT2D eigenvalue weighted by Crippen LogP contribution is -2.22. The third kappa shape index (κ3) is 4.14. The summed E-state index contributed by atoms with van der Waals surface area (Å²) in [5.74, 6) is 0. The molecule has 0 aliphatic heterocycles. The molecule has 2 aromatic carbocycles. The van der Waals surface area contributed by atoms with Gasteiger partial charge in [-0.05, 0) is 23.8 Å². The van der Waals surface area contributed by atoms with Crippen molar-refractivity contribution in [2.45, 2.75) is 6.54 Å². The second kappa shape index (κ2) is 7.17. The highest BCUT2D eigenvalue weighted by Crippen LogP contribution is 2.02. The largest absolute Gasteiger partial charge is 0.341 e. The molecule has 0 unspecified atom stereocenters. The lowest BCUT2D eigenvalue weighted by atomic mass is 10.2. The Labute approximate surface area is 133 Å². The Kier molecular flexibility index (Phi) is 4.59. The molecule has 0 atom stereocenters. The quantitative estimate of drug-likeness (QED) is 0.808. The number of aromatic nitrogens is 2. The van der Waals surface area contributed by atoms with Crippen LogP contribution in [0.5, 0.6) is 0 Å². The lowest BCUT2D eigenvalue weighted by Gasteiger charge is -2.03. The van der Waals surface area contributed by atoms with E-state index < -0.39 is 0 Å². The van der Waals surface area contributed by atoms with E-state index in [9.17, 15) is 4.79 Å². The maximum absolute atomic E-state index is 11.8. The van der Waals surface area contributed by atoms with Crippen LogP contribution in [0.15, 0.2) is 84.1 Å². The minimum atomic E-state index is -0.381. The van der Waals surface area contributed by atoms with Crippen LogP contribution in [0, 0.1) is 0 Å².